The van der Waals surface area contributed by atoms with Crippen molar-refractivity contribution in [3.63, 3.8) is 0 Å². The van der Waals surface area contributed by atoms with Crippen LogP contribution < -0.4 is 5.32 Å². The molecule has 1 aromatic heterocycles. The number of hydrogen-bond acceptors (Lipinski definition) is 4. The summed E-state index contributed by atoms with van der Waals surface area (Å²) in [6.45, 7) is 3.94. The molecule has 1 atom stereocenters. The van der Waals surface area contributed by atoms with Gasteiger partial charge in [0.05, 0.1) is 6.26 Å². The van der Waals surface area contributed by atoms with E-state index in [0.717, 1.165) is 49.8 Å². The number of piperidine rings is 1. The molecule has 2 aromatic carbocycles. The van der Waals surface area contributed by atoms with Gasteiger partial charge in [-0.25, -0.2) is 8.78 Å². The molecule has 0 aliphatic carbocycles. The van der Waals surface area contributed by atoms with Crippen LogP contribution in [0.5, 0.6) is 0 Å². The van der Waals surface area contributed by atoms with E-state index in [2.05, 4.69) is 10.2 Å². The molecule has 36 heavy (non-hydrogen) atoms. The Hall–Kier alpha value is -3.52. The Morgan fingerprint density at radius 3 is 2.44 bits per heavy atom. The lowest BCUT2D eigenvalue weighted by Gasteiger charge is -2.40. The summed E-state index contributed by atoms with van der Waals surface area (Å²) in [5.41, 5.74) is 2.31. The van der Waals surface area contributed by atoms with E-state index in [4.69, 9.17) is 4.42 Å². The van der Waals surface area contributed by atoms with Gasteiger partial charge in [-0.2, -0.15) is 0 Å². The van der Waals surface area contributed by atoms with Crippen LogP contribution in [0.15, 0.2) is 65.3 Å². The molecule has 1 saturated heterocycles. The van der Waals surface area contributed by atoms with Crippen molar-refractivity contribution in [2.45, 2.75) is 38.8 Å². The molecular weight excluding hydrogens is 464 g/mol. The topological polar surface area (TPSA) is 65.8 Å². The maximum Gasteiger partial charge on any atom is 0.289 e. The van der Waals surface area contributed by atoms with E-state index in [9.17, 15) is 18.4 Å². The van der Waals surface area contributed by atoms with Crippen molar-refractivity contribution in [3.05, 3.63) is 89.4 Å². The van der Waals surface area contributed by atoms with Crippen LogP contribution in [-0.2, 0) is 17.8 Å². The van der Waals surface area contributed by atoms with Gasteiger partial charge in [-0.3, -0.25) is 14.5 Å². The highest BCUT2D eigenvalue weighted by atomic mass is 19.1. The number of amides is 2. The molecule has 0 bridgehead atoms. The number of likely N-dealkylation sites (N-methyl/N-ethyl adjacent to an activating group) is 1. The van der Waals surface area contributed by atoms with Gasteiger partial charge in [-0.1, -0.05) is 18.2 Å². The van der Waals surface area contributed by atoms with Crippen molar-refractivity contribution in [3.8, 4) is 0 Å². The van der Waals surface area contributed by atoms with Gasteiger partial charge in [0.15, 0.2) is 5.76 Å². The number of nitrogens with zero attached hydrogens (tertiary/aromatic N) is 2. The third-order valence-corrected chi connectivity index (χ3v) is 6.85. The molecule has 4 rings (SSSR count). The lowest BCUT2D eigenvalue weighted by Crippen LogP contribution is -2.47. The summed E-state index contributed by atoms with van der Waals surface area (Å²) in [7, 11) is 1.72. The Morgan fingerprint density at radius 1 is 1.11 bits per heavy atom. The fraction of sp³-hybridized carbons (Fsp3) is 0.357. The van der Waals surface area contributed by atoms with Crippen LogP contribution in [-0.4, -0.2) is 47.8 Å². The number of carbonyl (C=O) groups excluding carboxylic acids is 2. The van der Waals surface area contributed by atoms with Gasteiger partial charge in [-0.05, 0) is 79.7 Å². The summed E-state index contributed by atoms with van der Waals surface area (Å²) in [5.74, 6) is -1.19. The number of hydrogen-bond donors (Lipinski definition) is 1. The fourth-order valence-electron chi connectivity index (χ4n) is 4.91. The van der Waals surface area contributed by atoms with E-state index in [0.29, 0.717) is 12.0 Å². The number of furan rings is 1. The number of benzene rings is 2. The van der Waals surface area contributed by atoms with Crippen LogP contribution in [0.2, 0.25) is 0 Å². The van der Waals surface area contributed by atoms with Crippen LogP contribution >= 0.6 is 0 Å². The van der Waals surface area contributed by atoms with Crippen LogP contribution in [0.4, 0.5) is 14.5 Å². The van der Waals surface area contributed by atoms with Crippen molar-refractivity contribution >= 4 is 17.5 Å². The standard InChI is InChI=1S/C28H31F2N3O3/c1-19(34)31-24-9-5-20(6-10-24)18-33-13-11-21(12-14-33)26(16-22-7-8-23(29)17-25(22)30)32(2)28(35)27-4-3-15-36-27/h3-10,15,17,21,26H,11-14,16,18H2,1-2H3,(H,31,34)/t26-/m1/s1. The Labute approximate surface area is 209 Å². The highest BCUT2D eigenvalue weighted by Gasteiger charge is 2.33. The number of likely N-dealkylation sites (tertiary alicyclic amines) is 1. The third-order valence-electron chi connectivity index (χ3n) is 6.85. The fourth-order valence-corrected chi connectivity index (χ4v) is 4.91. The number of anilines is 1. The SMILES string of the molecule is CC(=O)Nc1ccc(CN2CCC([C@@H](Cc3ccc(F)cc3F)N(C)C(=O)c3ccco3)CC2)cc1. The lowest BCUT2D eigenvalue weighted by atomic mass is 9.84. The second-order valence-electron chi connectivity index (χ2n) is 9.39. The van der Waals surface area contributed by atoms with Gasteiger partial charge in [0.25, 0.3) is 5.91 Å². The first-order valence-corrected chi connectivity index (χ1v) is 12.1. The van der Waals surface area contributed by atoms with E-state index in [-0.39, 0.29) is 29.5 Å². The smallest absolute Gasteiger partial charge is 0.289 e. The molecule has 190 valence electrons. The zero-order valence-corrected chi connectivity index (χ0v) is 20.5. The van der Waals surface area contributed by atoms with Crippen LogP contribution in [0.1, 0.15) is 41.4 Å². The molecule has 0 saturated carbocycles. The van der Waals surface area contributed by atoms with E-state index in [1.54, 1.807) is 24.1 Å². The quantitative estimate of drug-likeness (QED) is 0.472. The molecule has 1 fully saturated rings. The van der Waals surface area contributed by atoms with E-state index in [1.165, 1.54) is 25.3 Å². The minimum Gasteiger partial charge on any atom is -0.459 e. The van der Waals surface area contributed by atoms with Gasteiger partial charge >= 0.3 is 0 Å². The first-order chi connectivity index (χ1) is 17.3. The van der Waals surface area contributed by atoms with Gasteiger partial charge < -0.3 is 14.6 Å². The summed E-state index contributed by atoms with van der Waals surface area (Å²) >= 11 is 0. The van der Waals surface area contributed by atoms with Crippen molar-refractivity contribution in [1.82, 2.24) is 9.80 Å². The van der Waals surface area contributed by atoms with Crippen LogP contribution in [0.3, 0.4) is 0 Å². The Morgan fingerprint density at radius 2 is 1.83 bits per heavy atom. The molecule has 6 nitrogen and oxygen atoms in total. The predicted molar refractivity (Wildman–Crippen MR) is 133 cm³/mol. The maximum absolute atomic E-state index is 14.5. The molecule has 1 aliphatic heterocycles. The Bertz CT molecular complexity index is 1170. The Balaban J connectivity index is 1.43. The van der Waals surface area contributed by atoms with E-state index >= 15 is 0 Å². The summed E-state index contributed by atoms with van der Waals surface area (Å²) in [4.78, 5) is 28.3. The molecule has 0 spiro atoms. The second-order valence-corrected chi connectivity index (χ2v) is 9.39. The van der Waals surface area contributed by atoms with Crippen molar-refractivity contribution in [2.24, 2.45) is 5.92 Å². The zero-order chi connectivity index (χ0) is 25.7. The lowest BCUT2D eigenvalue weighted by molar-refractivity contribution is -0.114. The summed E-state index contributed by atoms with van der Waals surface area (Å²) < 4.78 is 33.3. The number of nitrogens with one attached hydrogen (secondary N) is 1. The largest absolute Gasteiger partial charge is 0.459 e. The monoisotopic (exact) mass is 495 g/mol. The highest BCUT2D eigenvalue weighted by Crippen LogP contribution is 2.29. The molecule has 2 amide bonds. The van der Waals surface area contributed by atoms with E-state index < -0.39 is 11.6 Å². The summed E-state index contributed by atoms with van der Waals surface area (Å²) in [6.07, 6.45) is 3.43. The van der Waals surface area contributed by atoms with Crippen LogP contribution in [0, 0.1) is 17.6 Å². The van der Waals surface area contributed by atoms with Gasteiger partial charge in [0, 0.05) is 38.3 Å². The predicted octanol–water partition coefficient (Wildman–Crippen LogP) is 5.11. The molecule has 0 unspecified atom stereocenters. The average Bonchev–Trinajstić information content (AvgIpc) is 3.39. The highest BCUT2D eigenvalue weighted by molar-refractivity contribution is 5.91. The van der Waals surface area contributed by atoms with Gasteiger partial charge in [0.1, 0.15) is 11.6 Å². The molecule has 1 aliphatic rings. The maximum atomic E-state index is 14.5. The summed E-state index contributed by atoms with van der Waals surface area (Å²) in [5, 5.41) is 2.77. The Kier molecular flexibility index (Phi) is 8.15. The first-order valence-electron chi connectivity index (χ1n) is 12.1. The molecule has 2 heterocycles. The van der Waals surface area contributed by atoms with Crippen molar-refractivity contribution < 1.29 is 22.8 Å². The number of halogens is 2. The van der Waals surface area contributed by atoms with Crippen molar-refractivity contribution in [2.75, 3.05) is 25.5 Å². The normalized spacial score (nSPS) is 15.4. The van der Waals surface area contributed by atoms with Crippen molar-refractivity contribution in [1.29, 1.82) is 0 Å². The minimum atomic E-state index is -0.619. The molecule has 0 radical (unpaired) electrons. The van der Waals surface area contributed by atoms with Gasteiger partial charge in [-0.15, -0.1) is 0 Å². The molecular formula is C28H31F2N3O3. The second kappa shape index (κ2) is 11.5. The molecule has 8 heteroatoms. The summed E-state index contributed by atoms with van der Waals surface area (Å²) in [6, 6.07) is 14.4. The zero-order valence-electron chi connectivity index (χ0n) is 20.5. The van der Waals surface area contributed by atoms with Crippen LogP contribution in [0.25, 0.3) is 0 Å². The molecule has 1 N–H and O–H groups in total. The van der Waals surface area contributed by atoms with Gasteiger partial charge in [0.2, 0.25) is 5.91 Å². The number of rotatable bonds is 8. The number of carbonyl (C=O) groups is 2. The third kappa shape index (κ3) is 6.37. The molecule has 3 aromatic rings. The minimum absolute atomic E-state index is 0.101. The average molecular weight is 496 g/mol. The first kappa shape index (κ1) is 25.6. The van der Waals surface area contributed by atoms with E-state index in [1.807, 2.05) is 24.3 Å².